The predicted octanol–water partition coefficient (Wildman–Crippen LogP) is -0.126. The molecule has 0 radical (unpaired) electrons. The van der Waals surface area contributed by atoms with Gasteiger partial charge >= 0.3 is 5.97 Å². The Morgan fingerprint density at radius 2 is 2.00 bits per heavy atom. The first kappa shape index (κ1) is 13.4. The zero-order chi connectivity index (χ0) is 11.4. The van der Waals surface area contributed by atoms with Crippen LogP contribution in [0.4, 0.5) is 0 Å². The molecule has 0 aromatic carbocycles. The van der Waals surface area contributed by atoms with Crippen molar-refractivity contribution in [3.05, 3.63) is 0 Å². The molecule has 0 saturated carbocycles. The number of hydrogen-bond donors (Lipinski definition) is 2. The summed E-state index contributed by atoms with van der Waals surface area (Å²) in [6.45, 7) is 3.44. The first-order valence-corrected chi connectivity index (χ1v) is 6.43. The standard InChI is InChI=1S/C8H17NO4S/c1-4-8(2,7(10)11)9-5-6-14(3,12)13/h9H,4-6H2,1-3H3,(H,10,11). The molecule has 84 valence electrons. The molecule has 0 aliphatic rings. The van der Waals surface area contributed by atoms with Crippen molar-refractivity contribution in [1.82, 2.24) is 5.32 Å². The molecule has 0 bridgehead atoms. The van der Waals surface area contributed by atoms with E-state index < -0.39 is 21.3 Å². The number of nitrogens with one attached hydrogen (secondary N) is 1. The fourth-order valence-corrected chi connectivity index (χ4v) is 1.34. The van der Waals surface area contributed by atoms with E-state index in [-0.39, 0.29) is 12.3 Å². The summed E-state index contributed by atoms with van der Waals surface area (Å²) in [6, 6.07) is 0. The molecule has 1 unspecified atom stereocenters. The molecule has 0 aromatic heterocycles. The van der Waals surface area contributed by atoms with Gasteiger partial charge in [0.2, 0.25) is 0 Å². The molecule has 14 heavy (non-hydrogen) atoms. The van der Waals surface area contributed by atoms with Gasteiger partial charge in [-0.05, 0) is 13.3 Å². The quantitative estimate of drug-likeness (QED) is 0.655. The summed E-state index contributed by atoms with van der Waals surface area (Å²) in [5.74, 6) is -1.01. The van der Waals surface area contributed by atoms with E-state index in [0.29, 0.717) is 6.42 Å². The second-order valence-electron chi connectivity index (χ2n) is 3.55. The van der Waals surface area contributed by atoms with Crippen LogP contribution in [0.2, 0.25) is 0 Å². The lowest BCUT2D eigenvalue weighted by Crippen LogP contribution is -2.50. The minimum atomic E-state index is -3.04. The molecule has 0 heterocycles. The van der Waals surface area contributed by atoms with Crippen LogP contribution in [-0.4, -0.2) is 43.6 Å². The Hall–Kier alpha value is -0.620. The Kier molecular flexibility index (Phi) is 4.54. The summed E-state index contributed by atoms with van der Waals surface area (Å²) < 4.78 is 21.6. The second kappa shape index (κ2) is 4.75. The van der Waals surface area contributed by atoms with Crippen molar-refractivity contribution in [2.45, 2.75) is 25.8 Å². The summed E-state index contributed by atoms with van der Waals surface area (Å²) in [4.78, 5) is 10.8. The number of carboxylic acids is 1. The largest absolute Gasteiger partial charge is 0.480 e. The molecule has 0 aromatic rings. The highest BCUT2D eigenvalue weighted by molar-refractivity contribution is 7.90. The summed E-state index contributed by atoms with van der Waals surface area (Å²) in [5, 5.41) is 11.6. The van der Waals surface area contributed by atoms with Crippen LogP contribution in [0.25, 0.3) is 0 Å². The Labute approximate surface area is 84.4 Å². The molecule has 0 saturated heterocycles. The lowest BCUT2D eigenvalue weighted by Gasteiger charge is -2.24. The number of hydrogen-bond acceptors (Lipinski definition) is 4. The van der Waals surface area contributed by atoms with Crippen LogP contribution in [0.15, 0.2) is 0 Å². The van der Waals surface area contributed by atoms with Crippen molar-refractivity contribution in [3.8, 4) is 0 Å². The summed E-state index contributed by atoms with van der Waals surface area (Å²) in [6.07, 6.45) is 1.53. The molecule has 5 nitrogen and oxygen atoms in total. The fourth-order valence-electron chi connectivity index (χ4n) is 0.864. The molecule has 0 fully saturated rings. The van der Waals surface area contributed by atoms with Crippen molar-refractivity contribution in [2.24, 2.45) is 0 Å². The molecule has 0 spiro atoms. The smallest absolute Gasteiger partial charge is 0.323 e. The van der Waals surface area contributed by atoms with Gasteiger partial charge < -0.3 is 10.4 Å². The van der Waals surface area contributed by atoms with Gasteiger partial charge in [0.15, 0.2) is 0 Å². The van der Waals surface area contributed by atoms with Crippen LogP contribution in [-0.2, 0) is 14.6 Å². The van der Waals surface area contributed by atoms with Gasteiger partial charge in [-0.1, -0.05) is 6.92 Å². The van der Waals surface area contributed by atoms with E-state index in [4.69, 9.17) is 5.11 Å². The Morgan fingerprint density at radius 1 is 1.50 bits per heavy atom. The third-order valence-electron chi connectivity index (χ3n) is 2.17. The zero-order valence-corrected chi connectivity index (χ0v) is 9.52. The van der Waals surface area contributed by atoms with Crippen LogP contribution < -0.4 is 5.32 Å². The molecule has 1 atom stereocenters. The van der Waals surface area contributed by atoms with E-state index in [1.165, 1.54) is 6.92 Å². The van der Waals surface area contributed by atoms with Gasteiger partial charge in [0.25, 0.3) is 0 Å². The maximum atomic E-state index is 10.8. The lowest BCUT2D eigenvalue weighted by molar-refractivity contribution is -0.144. The van der Waals surface area contributed by atoms with E-state index in [1.54, 1.807) is 6.92 Å². The molecule has 0 aliphatic heterocycles. The Morgan fingerprint density at radius 3 is 2.29 bits per heavy atom. The van der Waals surface area contributed by atoms with Crippen molar-refractivity contribution < 1.29 is 18.3 Å². The van der Waals surface area contributed by atoms with E-state index in [2.05, 4.69) is 5.32 Å². The van der Waals surface area contributed by atoms with Crippen molar-refractivity contribution in [2.75, 3.05) is 18.6 Å². The Balaban J connectivity index is 4.17. The predicted molar refractivity (Wildman–Crippen MR) is 54.0 cm³/mol. The van der Waals surface area contributed by atoms with Gasteiger partial charge in [0.1, 0.15) is 15.4 Å². The summed E-state index contributed by atoms with van der Waals surface area (Å²) >= 11 is 0. The van der Waals surface area contributed by atoms with Gasteiger partial charge in [-0.3, -0.25) is 4.79 Å². The molecule has 0 aliphatic carbocycles. The molecule has 0 rings (SSSR count). The maximum absolute atomic E-state index is 10.8. The van der Waals surface area contributed by atoms with Gasteiger partial charge in [-0.25, -0.2) is 8.42 Å². The zero-order valence-electron chi connectivity index (χ0n) is 8.70. The first-order chi connectivity index (χ1) is 6.21. The van der Waals surface area contributed by atoms with Crippen molar-refractivity contribution in [1.29, 1.82) is 0 Å². The highest BCUT2D eigenvalue weighted by Gasteiger charge is 2.30. The SMILES string of the molecule is CCC(C)(NCCS(C)(=O)=O)C(=O)O. The van der Waals surface area contributed by atoms with Crippen LogP contribution in [0.1, 0.15) is 20.3 Å². The third kappa shape index (κ3) is 4.57. The number of sulfone groups is 1. The lowest BCUT2D eigenvalue weighted by atomic mass is 9.99. The highest BCUT2D eigenvalue weighted by atomic mass is 32.2. The average molecular weight is 223 g/mol. The van der Waals surface area contributed by atoms with Gasteiger partial charge in [0.05, 0.1) is 5.75 Å². The number of rotatable bonds is 6. The summed E-state index contributed by atoms with van der Waals surface area (Å²) in [5.41, 5.74) is -1.04. The number of carboxylic acid groups (broad SMARTS) is 1. The summed E-state index contributed by atoms with van der Waals surface area (Å²) in [7, 11) is -3.04. The van der Waals surface area contributed by atoms with Gasteiger partial charge in [0, 0.05) is 12.8 Å². The van der Waals surface area contributed by atoms with Crippen LogP contribution in [0, 0.1) is 0 Å². The van der Waals surface area contributed by atoms with Gasteiger partial charge in [-0.15, -0.1) is 0 Å². The second-order valence-corrected chi connectivity index (χ2v) is 5.81. The monoisotopic (exact) mass is 223 g/mol. The average Bonchev–Trinajstić information content (AvgIpc) is 2.01. The van der Waals surface area contributed by atoms with Crippen LogP contribution >= 0.6 is 0 Å². The highest BCUT2D eigenvalue weighted by Crippen LogP contribution is 2.08. The third-order valence-corrected chi connectivity index (χ3v) is 3.11. The molecule has 6 heteroatoms. The van der Waals surface area contributed by atoms with Crippen molar-refractivity contribution in [3.63, 3.8) is 0 Å². The van der Waals surface area contributed by atoms with E-state index in [0.717, 1.165) is 6.26 Å². The molecule has 2 N–H and O–H groups in total. The van der Waals surface area contributed by atoms with E-state index in [1.807, 2.05) is 0 Å². The molecular formula is C8H17NO4S. The van der Waals surface area contributed by atoms with Gasteiger partial charge in [-0.2, -0.15) is 0 Å². The van der Waals surface area contributed by atoms with E-state index in [9.17, 15) is 13.2 Å². The number of carbonyl (C=O) groups is 1. The maximum Gasteiger partial charge on any atom is 0.323 e. The molecule has 0 amide bonds. The van der Waals surface area contributed by atoms with Crippen molar-refractivity contribution >= 4 is 15.8 Å². The van der Waals surface area contributed by atoms with Crippen LogP contribution in [0.3, 0.4) is 0 Å². The Bertz CT molecular complexity index is 298. The minimum absolute atomic E-state index is 0.0458. The molecular weight excluding hydrogens is 206 g/mol. The van der Waals surface area contributed by atoms with Crippen LogP contribution in [0.5, 0.6) is 0 Å². The minimum Gasteiger partial charge on any atom is -0.480 e. The number of aliphatic carboxylic acids is 1. The fraction of sp³-hybridized carbons (Fsp3) is 0.875. The van der Waals surface area contributed by atoms with E-state index >= 15 is 0 Å². The first-order valence-electron chi connectivity index (χ1n) is 4.37. The topological polar surface area (TPSA) is 83.5 Å². The normalized spacial score (nSPS) is 16.2.